The quantitative estimate of drug-likeness (QED) is 0.0749. The third-order valence-electron chi connectivity index (χ3n) is 27.0. The van der Waals surface area contributed by atoms with Crippen molar-refractivity contribution < 1.29 is 0 Å². The number of anilines is 5. The van der Waals surface area contributed by atoms with Crippen molar-refractivity contribution >= 4 is 160 Å². The predicted octanol–water partition coefficient (Wildman–Crippen LogP) is 15.9. The van der Waals surface area contributed by atoms with E-state index in [9.17, 15) is 0 Å². The van der Waals surface area contributed by atoms with E-state index in [-0.39, 0.29) is 28.5 Å². The summed E-state index contributed by atoms with van der Waals surface area (Å²) in [5, 5.41) is 19.0. The first kappa shape index (κ1) is 70.5. The van der Waals surface area contributed by atoms with Gasteiger partial charge in [0.05, 0.1) is 16.7 Å². The number of aromatic nitrogens is 1. The summed E-state index contributed by atoms with van der Waals surface area (Å²) in [5.41, 5.74) is 17.4. The Kier molecular flexibility index (Phi) is 16.7. The largest absolute Gasteiger partial charge is 0.335 e. The third kappa shape index (κ3) is 10.6. The zero-order valence-corrected chi connectivity index (χ0v) is 69.0. The van der Waals surface area contributed by atoms with Gasteiger partial charge in [0.2, 0.25) is 0 Å². The lowest BCUT2D eigenvalue weighted by Gasteiger charge is -2.52. The summed E-state index contributed by atoms with van der Waals surface area (Å²) in [5.74, 6) is 0. The molecule has 3 nitrogen and oxygen atoms in total. The minimum atomic E-state index is -3.32. The summed E-state index contributed by atoms with van der Waals surface area (Å²) in [4.78, 5) is 5.59. The molecule has 2 unspecified atom stereocenters. The van der Waals surface area contributed by atoms with Crippen LogP contribution in [0.3, 0.4) is 0 Å². The fraction of sp³-hybridized carbons (Fsp3) is 0.151. The highest BCUT2D eigenvalue weighted by Gasteiger charge is 2.63. The third-order valence-corrected chi connectivity index (χ3v) is 41.3. The van der Waals surface area contributed by atoms with E-state index in [1.165, 1.54) is 134 Å². The zero-order chi connectivity index (χ0) is 76.6. The van der Waals surface area contributed by atoms with Gasteiger partial charge in [0, 0.05) is 50.1 Å². The van der Waals surface area contributed by atoms with Gasteiger partial charge in [-0.15, -0.1) is 0 Å². The van der Waals surface area contributed by atoms with Crippen LogP contribution in [0.1, 0.15) is 97.8 Å². The van der Waals surface area contributed by atoms with E-state index in [0.29, 0.717) is 0 Å². The van der Waals surface area contributed by atoms with Crippen molar-refractivity contribution in [2.45, 2.75) is 103 Å². The molecule has 1 aliphatic carbocycles. The second-order valence-electron chi connectivity index (χ2n) is 34.9. The molecule has 20 rings (SSSR count). The van der Waals surface area contributed by atoms with Gasteiger partial charge in [-0.1, -0.05) is 395 Å². The highest BCUT2D eigenvalue weighted by atomic mass is 28.3. The van der Waals surface area contributed by atoms with Crippen LogP contribution in [0.25, 0.3) is 27.5 Å². The average Bonchev–Trinajstić information content (AvgIpc) is 1.50. The molecular weight excluding hydrogens is 1410 g/mol. The van der Waals surface area contributed by atoms with Gasteiger partial charge in [-0.05, 0) is 168 Å². The van der Waals surface area contributed by atoms with Gasteiger partial charge < -0.3 is 14.4 Å². The van der Waals surface area contributed by atoms with Crippen molar-refractivity contribution in [2.24, 2.45) is 0 Å². The van der Waals surface area contributed by atoms with Gasteiger partial charge in [-0.25, -0.2) is 0 Å². The maximum absolute atomic E-state index is 3.32. The number of benzene rings is 15. The Morgan fingerprint density at radius 3 is 1.05 bits per heavy atom. The molecule has 0 radical (unpaired) electrons. The molecule has 1 saturated carbocycles. The van der Waals surface area contributed by atoms with E-state index in [1.54, 1.807) is 0 Å². The molecule has 0 saturated heterocycles. The van der Waals surface area contributed by atoms with Gasteiger partial charge in [-0.2, -0.15) is 0 Å². The predicted molar refractivity (Wildman–Crippen MR) is 491 cm³/mol. The highest BCUT2D eigenvalue weighted by Crippen LogP contribution is 2.62. The van der Waals surface area contributed by atoms with E-state index in [0.717, 1.165) is 42.7 Å². The van der Waals surface area contributed by atoms with Crippen LogP contribution in [-0.4, -0.2) is 41.0 Å². The molecule has 0 amide bonds. The molecule has 15 aromatic carbocycles. The van der Waals surface area contributed by atoms with Gasteiger partial charge in [0.1, 0.15) is 0 Å². The van der Waals surface area contributed by atoms with E-state index in [2.05, 4.69) is 446 Å². The normalized spacial score (nSPS) is 16.4. The maximum atomic E-state index is 2.99. The van der Waals surface area contributed by atoms with E-state index >= 15 is 0 Å². The van der Waals surface area contributed by atoms with Crippen molar-refractivity contribution in [1.29, 1.82) is 0 Å². The zero-order valence-electron chi connectivity index (χ0n) is 66.0. The van der Waals surface area contributed by atoms with Gasteiger partial charge in [-0.3, -0.25) is 0 Å². The molecule has 0 bridgehead atoms. The summed E-state index contributed by atoms with van der Waals surface area (Å²) in [6.45, 7) is 19.1. The molecule has 113 heavy (non-hydrogen) atoms. The van der Waals surface area contributed by atoms with Crippen molar-refractivity contribution in [3.05, 3.63) is 393 Å². The number of fused-ring (bicyclic) bond motifs is 10. The molecule has 4 aliphatic rings. The van der Waals surface area contributed by atoms with E-state index in [4.69, 9.17) is 0 Å². The molecular formula is C106H94BN3Si3. The summed E-state index contributed by atoms with van der Waals surface area (Å²) in [6, 6.07) is 148. The van der Waals surface area contributed by atoms with Crippen LogP contribution >= 0.6 is 0 Å². The highest BCUT2D eigenvalue weighted by molar-refractivity contribution is 7.21. The molecule has 16 aromatic rings. The van der Waals surface area contributed by atoms with Crippen LogP contribution in [-0.2, 0) is 16.2 Å². The van der Waals surface area contributed by atoms with Crippen LogP contribution in [0.2, 0.25) is 0 Å². The van der Waals surface area contributed by atoms with Gasteiger partial charge in [0.25, 0.3) is 6.71 Å². The fourth-order valence-electron chi connectivity index (χ4n) is 21.5. The summed E-state index contributed by atoms with van der Waals surface area (Å²) < 4.78 is 2.80. The second kappa shape index (κ2) is 26.8. The Morgan fingerprint density at radius 2 is 0.664 bits per heavy atom. The number of nitrogens with zero attached hydrogens (tertiary/aromatic N) is 3. The molecule has 1 fully saturated rings. The minimum Gasteiger partial charge on any atom is -0.335 e. The van der Waals surface area contributed by atoms with Gasteiger partial charge >= 0.3 is 0 Å². The monoisotopic (exact) mass is 1500 g/mol. The summed E-state index contributed by atoms with van der Waals surface area (Å²) in [6.07, 6.45) is 4.45. The first-order chi connectivity index (χ1) is 55.1. The molecule has 0 N–H and O–H groups in total. The molecule has 548 valence electrons. The summed E-state index contributed by atoms with van der Waals surface area (Å²) in [7, 11) is -9.69. The molecule has 1 aromatic heterocycles. The van der Waals surface area contributed by atoms with Crippen LogP contribution in [0, 0.1) is 0 Å². The number of hydrogen-bond donors (Lipinski definition) is 0. The Labute approximate surface area is 670 Å². The number of rotatable bonds is 15. The molecule has 0 spiro atoms. The fourth-order valence-corrected chi connectivity index (χ4v) is 35.9. The lowest BCUT2D eigenvalue weighted by atomic mass is 9.33. The minimum absolute atomic E-state index is 0.0399. The van der Waals surface area contributed by atoms with Crippen molar-refractivity contribution in [1.82, 2.24) is 4.57 Å². The van der Waals surface area contributed by atoms with Crippen LogP contribution in [0.15, 0.2) is 376 Å². The molecule has 4 heterocycles. The first-order valence-electron chi connectivity index (χ1n) is 40.9. The van der Waals surface area contributed by atoms with E-state index < -0.39 is 24.2 Å². The van der Waals surface area contributed by atoms with Crippen molar-refractivity contribution in [2.75, 3.05) is 9.80 Å². The Morgan fingerprint density at radius 1 is 0.319 bits per heavy atom. The number of hydrogen-bond acceptors (Lipinski definition) is 2. The summed E-state index contributed by atoms with van der Waals surface area (Å²) >= 11 is 0. The van der Waals surface area contributed by atoms with E-state index in [1.807, 2.05) is 0 Å². The van der Waals surface area contributed by atoms with Crippen molar-refractivity contribution in [3.8, 4) is 5.69 Å². The molecule has 2 atom stereocenters. The smallest absolute Gasteiger partial charge is 0.252 e. The van der Waals surface area contributed by atoms with Crippen molar-refractivity contribution in [3.63, 3.8) is 0 Å². The Balaban J connectivity index is 1.000. The lowest BCUT2D eigenvalue weighted by molar-refractivity contribution is 0.195. The topological polar surface area (TPSA) is 11.4 Å². The SMILES string of the molecule is CC(C)(C)c1ccc(N(c2ccc(C(C)(C)C)cc2)c2cc3c4c(c2)-n2c5ccc([Si](c6ccccc6)(c6ccccc6)c6ccccc6)cc5c5cc([Si](c6ccccc6)(c6ccccc6)c6ccccc6)cc(c52)B4c2cc([Si](c4ccccc4)(c4ccccc4)c4ccccc4)cc4c2N3C2(C)CCCCC42C)cc1. The second-order valence-corrected chi connectivity index (χ2v) is 46.4. The van der Waals surface area contributed by atoms with Crippen LogP contribution in [0.5, 0.6) is 0 Å². The average molecular weight is 1510 g/mol. The molecule has 3 aliphatic heterocycles. The standard InChI is InChI=1S/C106H94BN3Si3/c1-103(2,3)75-56-60-77(61-57-75)108(78-62-58-76(59-63-78)104(4,5)6)79-68-98-100-99(69-79)110-102-94(105(7)66-36-37-67-106(105,110)8)72-91(113(86-50-30-15-31-51-86,87-52-32-16-33-53-87)88-54-34-17-35-55-88)74-96(102)107(100)95-73-90(112(83-44-24-12-25-45-83,84-46-26-13-27-47-84)85-48-28-14-29-49-85)71-93-92-70-89(64-65-97(92)109(98)101(93)95)111(80-38-18-9-19-39-80,81-40-20-10-21-41-81)82-42-22-11-23-43-82/h9-35,38-65,68-74H,36-37,66-67H2,1-8H3. The maximum Gasteiger partial charge on any atom is 0.252 e. The molecule has 7 heteroatoms. The lowest BCUT2D eigenvalue weighted by Crippen LogP contribution is -2.76. The van der Waals surface area contributed by atoms with Crippen LogP contribution < -0.4 is 88.4 Å². The van der Waals surface area contributed by atoms with Gasteiger partial charge in [0.15, 0.2) is 24.2 Å². The first-order valence-corrected chi connectivity index (χ1v) is 46.9. The Bertz CT molecular complexity index is 5920. The Hall–Kier alpha value is -11.6. The van der Waals surface area contributed by atoms with Crippen LogP contribution in [0.4, 0.5) is 28.4 Å².